The van der Waals surface area contributed by atoms with E-state index in [4.69, 9.17) is 14.4 Å². The molecule has 21 heavy (non-hydrogen) atoms. The third-order valence-corrected chi connectivity index (χ3v) is 4.09. The minimum Gasteiger partial charge on any atom is -0.383 e. The summed E-state index contributed by atoms with van der Waals surface area (Å²) >= 11 is 0. The molecule has 0 spiro atoms. The first-order chi connectivity index (χ1) is 9.77. The second kappa shape index (κ2) is 5.92. The van der Waals surface area contributed by atoms with Gasteiger partial charge in [-0.3, -0.25) is 0 Å². The van der Waals surface area contributed by atoms with E-state index in [2.05, 4.69) is 17.1 Å². The number of methoxy groups -OCH3 is 1. The van der Waals surface area contributed by atoms with Gasteiger partial charge in [0.05, 0.1) is 6.42 Å². The molecular weight excluding hydrogens is 289 g/mol. The Bertz CT molecular complexity index is 467. The number of halogens is 3. The molecule has 1 atom stereocenters. The minimum absolute atomic E-state index is 0.232. The maximum absolute atomic E-state index is 12.3. The Labute approximate surface area is 120 Å². The van der Waals surface area contributed by atoms with Gasteiger partial charge in [0.1, 0.15) is 5.60 Å². The number of aliphatic hydroxyl groups is 1. The minimum atomic E-state index is -4.70. The summed E-state index contributed by atoms with van der Waals surface area (Å²) in [6.45, 7) is 2.14. The Balaban J connectivity index is 2.11. The van der Waals surface area contributed by atoms with Gasteiger partial charge < -0.3 is 14.4 Å². The van der Waals surface area contributed by atoms with E-state index in [-0.39, 0.29) is 11.7 Å². The van der Waals surface area contributed by atoms with Crippen LogP contribution in [0, 0.1) is 5.92 Å². The van der Waals surface area contributed by atoms with Crippen LogP contribution in [0.5, 0.6) is 0 Å². The Kier molecular flexibility index (Phi) is 4.57. The van der Waals surface area contributed by atoms with Crippen LogP contribution in [0.4, 0.5) is 13.2 Å². The summed E-state index contributed by atoms with van der Waals surface area (Å²) < 4.78 is 47.3. The molecule has 120 valence electrons. The van der Waals surface area contributed by atoms with Gasteiger partial charge in [-0.1, -0.05) is 12.1 Å². The number of nitrogens with zero attached hydrogens (tertiary/aromatic N) is 2. The fourth-order valence-corrected chi connectivity index (χ4v) is 2.55. The summed E-state index contributed by atoms with van der Waals surface area (Å²) in [5, 5.41) is 12.8. The van der Waals surface area contributed by atoms with Crippen LogP contribution in [0.1, 0.15) is 44.3 Å². The molecule has 1 aromatic rings. The largest absolute Gasteiger partial charge is 0.414 e. The number of aliphatic hydroxyl groups excluding tert-OH is 1. The van der Waals surface area contributed by atoms with Crippen molar-refractivity contribution in [2.24, 2.45) is 5.92 Å². The van der Waals surface area contributed by atoms with Crippen molar-refractivity contribution in [3.05, 3.63) is 11.7 Å². The summed E-state index contributed by atoms with van der Waals surface area (Å²) in [6.07, 6.45) is -4.68. The first-order valence-electron chi connectivity index (χ1n) is 6.90. The molecule has 0 aliphatic heterocycles. The molecule has 1 unspecified atom stereocenters. The monoisotopic (exact) mass is 308 g/mol. The fraction of sp³-hybridized carbons (Fsp3) is 0.846. The third kappa shape index (κ3) is 3.55. The molecule has 1 saturated carbocycles. The van der Waals surface area contributed by atoms with Crippen LogP contribution in [0.15, 0.2) is 4.52 Å². The first kappa shape index (κ1) is 16.2. The lowest BCUT2D eigenvalue weighted by molar-refractivity contribution is -0.204. The average molecular weight is 308 g/mol. The van der Waals surface area contributed by atoms with E-state index >= 15 is 0 Å². The standard InChI is InChI=1S/C13H19F3N2O3/c1-8-3-5-12(20-2,6-4-8)11-17-10(21-18-11)7-9(19)13(14,15)16/h8-9,19H,3-7H2,1-2H3. The summed E-state index contributed by atoms with van der Waals surface area (Å²) in [5.74, 6) is 0.609. The molecule has 2 rings (SSSR count). The number of alkyl halides is 3. The molecule has 0 amide bonds. The van der Waals surface area contributed by atoms with Gasteiger partial charge >= 0.3 is 6.18 Å². The highest BCUT2D eigenvalue weighted by atomic mass is 19.4. The van der Waals surface area contributed by atoms with Gasteiger partial charge in [0, 0.05) is 7.11 Å². The highest BCUT2D eigenvalue weighted by Gasteiger charge is 2.42. The van der Waals surface area contributed by atoms with Gasteiger partial charge in [0.15, 0.2) is 6.10 Å². The van der Waals surface area contributed by atoms with Crippen molar-refractivity contribution in [3.8, 4) is 0 Å². The second-order valence-corrected chi connectivity index (χ2v) is 5.65. The summed E-state index contributed by atoms with van der Waals surface area (Å²) in [5.41, 5.74) is -0.697. The van der Waals surface area contributed by atoms with Crippen LogP contribution in [-0.4, -0.2) is 34.6 Å². The summed E-state index contributed by atoms with van der Waals surface area (Å²) in [4.78, 5) is 3.99. The van der Waals surface area contributed by atoms with Crippen molar-refractivity contribution in [3.63, 3.8) is 0 Å². The van der Waals surface area contributed by atoms with Gasteiger partial charge in [0.2, 0.25) is 11.7 Å². The van der Waals surface area contributed by atoms with Crippen molar-refractivity contribution in [1.82, 2.24) is 10.1 Å². The molecular formula is C13H19F3N2O3. The van der Waals surface area contributed by atoms with Gasteiger partial charge in [-0.15, -0.1) is 0 Å². The molecule has 1 aromatic heterocycles. The fourth-order valence-electron chi connectivity index (χ4n) is 2.55. The van der Waals surface area contributed by atoms with E-state index in [1.165, 1.54) is 7.11 Å². The zero-order chi connectivity index (χ0) is 15.7. The Morgan fingerprint density at radius 2 is 2.05 bits per heavy atom. The lowest BCUT2D eigenvalue weighted by Crippen LogP contribution is -2.34. The van der Waals surface area contributed by atoms with Crippen molar-refractivity contribution in [2.75, 3.05) is 7.11 Å². The molecule has 8 heteroatoms. The van der Waals surface area contributed by atoms with Crippen LogP contribution < -0.4 is 0 Å². The molecule has 0 radical (unpaired) electrons. The SMILES string of the molecule is COC1(c2noc(CC(O)C(F)(F)F)n2)CCC(C)CC1. The smallest absolute Gasteiger partial charge is 0.383 e. The lowest BCUT2D eigenvalue weighted by atomic mass is 9.79. The average Bonchev–Trinajstić information content (AvgIpc) is 2.88. The van der Waals surface area contributed by atoms with E-state index in [1.54, 1.807) is 0 Å². The molecule has 0 saturated heterocycles. The lowest BCUT2D eigenvalue weighted by Gasteiger charge is -2.35. The maximum Gasteiger partial charge on any atom is 0.414 e. The van der Waals surface area contributed by atoms with E-state index in [1.807, 2.05) is 0 Å². The number of hydrogen-bond donors (Lipinski definition) is 1. The van der Waals surface area contributed by atoms with Crippen molar-refractivity contribution >= 4 is 0 Å². The molecule has 0 aromatic carbocycles. The Hall–Kier alpha value is -1.15. The van der Waals surface area contributed by atoms with Gasteiger partial charge in [-0.25, -0.2) is 0 Å². The number of rotatable bonds is 4. The Morgan fingerprint density at radius 3 is 2.57 bits per heavy atom. The zero-order valence-electron chi connectivity index (χ0n) is 12.0. The highest BCUT2D eigenvalue weighted by Crippen LogP contribution is 2.40. The van der Waals surface area contributed by atoms with Crippen LogP contribution in [-0.2, 0) is 16.8 Å². The summed E-state index contributed by atoms with van der Waals surface area (Å²) in [7, 11) is 1.54. The predicted molar refractivity (Wildman–Crippen MR) is 66.4 cm³/mol. The van der Waals surface area contributed by atoms with Crippen molar-refractivity contribution in [2.45, 2.75) is 56.9 Å². The number of aromatic nitrogens is 2. The quantitative estimate of drug-likeness (QED) is 0.926. The van der Waals surface area contributed by atoms with Gasteiger partial charge in [-0.2, -0.15) is 18.2 Å². The van der Waals surface area contributed by atoms with Crippen molar-refractivity contribution < 1.29 is 27.5 Å². The molecule has 1 heterocycles. The molecule has 1 aliphatic rings. The molecule has 0 bridgehead atoms. The second-order valence-electron chi connectivity index (χ2n) is 5.65. The predicted octanol–water partition coefficient (Wildman–Crippen LogP) is 2.59. The molecule has 1 fully saturated rings. The maximum atomic E-state index is 12.3. The van der Waals surface area contributed by atoms with E-state index < -0.39 is 24.3 Å². The third-order valence-electron chi connectivity index (χ3n) is 4.09. The van der Waals surface area contributed by atoms with Crippen LogP contribution in [0.3, 0.4) is 0 Å². The van der Waals surface area contributed by atoms with Crippen LogP contribution in [0.25, 0.3) is 0 Å². The van der Waals surface area contributed by atoms with E-state index in [9.17, 15) is 13.2 Å². The van der Waals surface area contributed by atoms with Crippen LogP contribution >= 0.6 is 0 Å². The van der Waals surface area contributed by atoms with Crippen molar-refractivity contribution in [1.29, 1.82) is 0 Å². The van der Waals surface area contributed by atoms with E-state index in [0.717, 1.165) is 12.8 Å². The highest BCUT2D eigenvalue weighted by molar-refractivity contribution is 5.04. The molecule has 1 N–H and O–H groups in total. The topological polar surface area (TPSA) is 68.4 Å². The first-order valence-corrected chi connectivity index (χ1v) is 6.90. The number of ether oxygens (including phenoxy) is 1. The zero-order valence-corrected chi connectivity index (χ0v) is 12.0. The number of hydrogen-bond acceptors (Lipinski definition) is 5. The molecule has 1 aliphatic carbocycles. The molecule has 5 nitrogen and oxygen atoms in total. The van der Waals surface area contributed by atoms with Gasteiger partial charge in [-0.05, 0) is 31.6 Å². The van der Waals surface area contributed by atoms with Crippen LogP contribution in [0.2, 0.25) is 0 Å². The van der Waals surface area contributed by atoms with Gasteiger partial charge in [0.25, 0.3) is 0 Å². The Morgan fingerprint density at radius 1 is 1.43 bits per heavy atom. The van der Waals surface area contributed by atoms with E-state index in [0.29, 0.717) is 18.8 Å². The summed E-state index contributed by atoms with van der Waals surface area (Å²) in [6, 6.07) is 0. The normalized spacial score (nSPS) is 28.6.